The molecule has 0 heterocycles. The average Bonchev–Trinajstić information content (AvgIpc) is 1.96. The minimum atomic E-state index is -0.500. The highest BCUT2D eigenvalue weighted by atomic mass is 16.5. The number of carbonyl (C=O) groups is 3. The van der Waals surface area contributed by atoms with E-state index in [1.165, 1.54) is 13.8 Å². The summed E-state index contributed by atoms with van der Waals surface area (Å²) >= 11 is 0. The van der Waals surface area contributed by atoms with Gasteiger partial charge in [-0.1, -0.05) is 0 Å². The Bertz CT molecular complexity index is 175. The molecule has 0 bridgehead atoms. The number of Topliss-reactive ketones (excluding diaryl/α,β-unsaturated/α-hetero) is 2. The molecule has 0 atom stereocenters. The Hall–Kier alpha value is -1.19. The van der Waals surface area contributed by atoms with Gasteiger partial charge in [-0.2, -0.15) is 0 Å². The summed E-state index contributed by atoms with van der Waals surface area (Å²) in [6.07, 6.45) is 0.235. The molecule has 0 spiro atoms. The molecule has 0 saturated heterocycles. The summed E-state index contributed by atoms with van der Waals surface area (Å²) in [6, 6.07) is 0. The fourth-order valence-corrected chi connectivity index (χ4v) is 0.532. The highest BCUT2D eigenvalue weighted by molar-refractivity contribution is 5.83. The second-order valence-corrected chi connectivity index (χ2v) is 2.56. The lowest BCUT2D eigenvalue weighted by Crippen LogP contribution is -2.11. The number of hydrogen-bond donors (Lipinski definition) is 0. The van der Waals surface area contributed by atoms with Crippen molar-refractivity contribution in [1.29, 1.82) is 0 Å². The van der Waals surface area contributed by atoms with Gasteiger partial charge in [-0.05, 0) is 13.8 Å². The van der Waals surface area contributed by atoms with Crippen molar-refractivity contribution in [3.05, 3.63) is 0 Å². The molecule has 0 amide bonds. The lowest BCUT2D eigenvalue weighted by Gasteiger charge is -1.99. The molecular weight excluding hydrogens is 160 g/mol. The number of hydrogen-bond acceptors (Lipinski definition) is 4. The predicted molar refractivity (Wildman–Crippen MR) is 41.6 cm³/mol. The van der Waals surface area contributed by atoms with Crippen molar-refractivity contribution in [2.75, 3.05) is 6.61 Å². The number of esters is 1. The smallest absolute Gasteiger partial charge is 0.306 e. The molecule has 0 aromatic carbocycles. The molecule has 12 heavy (non-hydrogen) atoms. The molecule has 0 unspecified atom stereocenters. The van der Waals surface area contributed by atoms with E-state index in [1.54, 1.807) is 0 Å². The van der Waals surface area contributed by atoms with Gasteiger partial charge in [0.1, 0.15) is 12.4 Å². The Labute approximate surface area is 70.9 Å². The van der Waals surface area contributed by atoms with Crippen LogP contribution in [0.4, 0.5) is 0 Å². The Balaban J connectivity index is 3.47. The standard InChI is InChI=1S/C8H12O4/c1-6(9)3-4-8(11)12-5-7(2)10/h3-5H2,1-2H3. The topological polar surface area (TPSA) is 60.4 Å². The van der Waals surface area contributed by atoms with Crippen LogP contribution in [-0.2, 0) is 19.1 Å². The summed E-state index contributed by atoms with van der Waals surface area (Å²) in [5.41, 5.74) is 0. The van der Waals surface area contributed by atoms with Gasteiger partial charge in [-0.25, -0.2) is 0 Å². The van der Waals surface area contributed by atoms with Crippen LogP contribution in [0.3, 0.4) is 0 Å². The highest BCUT2D eigenvalue weighted by Crippen LogP contribution is 1.93. The van der Waals surface area contributed by atoms with Crippen LogP contribution in [0.1, 0.15) is 26.7 Å². The number of ketones is 2. The third-order valence-corrected chi connectivity index (χ3v) is 1.12. The zero-order chi connectivity index (χ0) is 9.56. The van der Waals surface area contributed by atoms with E-state index < -0.39 is 5.97 Å². The largest absolute Gasteiger partial charge is 0.458 e. The molecule has 0 aromatic heterocycles. The van der Waals surface area contributed by atoms with Gasteiger partial charge in [0.15, 0.2) is 5.78 Å². The van der Waals surface area contributed by atoms with Crippen molar-refractivity contribution in [1.82, 2.24) is 0 Å². The maximum Gasteiger partial charge on any atom is 0.306 e. The maximum absolute atomic E-state index is 10.7. The Morgan fingerprint density at radius 2 is 1.58 bits per heavy atom. The predicted octanol–water partition coefficient (Wildman–Crippen LogP) is 0.488. The first-order valence-electron chi connectivity index (χ1n) is 3.67. The Morgan fingerprint density at radius 3 is 2.00 bits per heavy atom. The van der Waals surface area contributed by atoms with Crippen molar-refractivity contribution in [2.45, 2.75) is 26.7 Å². The fourth-order valence-electron chi connectivity index (χ4n) is 0.532. The molecule has 68 valence electrons. The minimum Gasteiger partial charge on any atom is -0.458 e. The van der Waals surface area contributed by atoms with Crippen LogP contribution in [0.5, 0.6) is 0 Å². The molecule has 0 aromatic rings. The lowest BCUT2D eigenvalue weighted by molar-refractivity contribution is -0.148. The van der Waals surface area contributed by atoms with Gasteiger partial charge in [-0.15, -0.1) is 0 Å². The van der Waals surface area contributed by atoms with Crippen LogP contribution in [0, 0.1) is 0 Å². The SMILES string of the molecule is CC(=O)CCC(=O)OCC(C)=O. The summed E-state index contributed by atoms with van der Waals surface area (Å²) in [5.74, 6) is -0.763. The van der Waals surface area contributed by atoms with Crippen molar-refractivity contribution in [3.8, 4) is 0 Å². The van der Waals surface area contributed by atoms with Gasteiger partial charge < -0.3 is 9.53 Å². The molecule has 4 nitrogen and oxygen atoms in total. The number of ether oxygens (including phenoxy) is 1. The summed E-state index contributed by atoms with van der Waals surface area (Å²) in [4.78, 5) is 31.5. The zero-order valence-electron chi connectivity index (χ0n) is 7.25. The van der Waals surface area contributed by atoms with Crippen molar-refractivity contribution in [2.24, 2.45) is 0 Å². The van der Waals surface area contributed by atoms with Crippen LogP contribution in [0.15, 0.2) is 0 Å². The molecule has 0 saturated carbocycles. The van der Waals surface area contributed by atoms with Crippen molar-refractivity contribution in [3.63, 3.8) is 0 Å². The first-order valence-corrected chi connectivity index (χ1v) is 3.67. The van der Waals surface area contributed by atoms with E-state index in [9.17, 15) is 14.4 Å². The van der Waals surface area contributed by atoms with Crippen LogP contribution < -0.4 is 0 Å². The first-order chi connectivity index (χ1) is 5.52. The van der Waals surface area contributed by atoms with Gasteiger partial charge in [0.25, 0.3) is 0 Å². The molecule has 4 heteroatoms. The van der Waals surface area contributed by atoms with Gasteiger partial charge in [0.05, 0.1) is 6.42 Å². The molecule has 0 radical (unpaired) electrons. The average molecular weight is 172 g/mol. The Kier molecular flexibility index (Phi) is 4.92. The summed E-state index contributed by atoms with van der Waals surface area (Å²) in [6.45, 7) is 2.53. The lowest BCUT2D eigenvalue weighted by atomic mass is 10.2. The maximum atomic E-state index is 10.7. The van der Waals surface area contributed by atoms with Crippen LogP contribution >= 0.6 is 0 Å². The molecule has 0 fully saturated rings. The normalized spacial score (nSPS) is 9.17. The molecule has 0 rings (SSSR count). The van der Waals surface area contributed by atoms with E-state index in [4.69, 9.17) is 0 Å². The second kappa shape index (κ2) is 5.46. The van der Waals surface area contributed by atoms with E-state index in [2.05, 4.69) is 4.74 Å². The zero-order valence-corrected chi connectivity index (χ0v) is 7.25. The molecule has 0 aliphatic rings. The monoisotopic (exact) mass is 172 g/mol. The van der Waals surface area contributed by atoms with Crippen molar-refractivity contribution >= 4 is 17.5 Å². The third-order valence-electron chi connectivity index (χ3n) is 1.12. The van der Waals surface area contributed by atoms with Crippen LogP contribution in [0.25, 0.3) is 0 Å². The first kappa shape index (κ1) is 10.8. The van der Waals surface area contributed by atoms with Crippen molar-refractivity contribution < 1.29 is 19.1 Å². The van der Waals surface area contributed by atoms with E-state index in [0.29, 0.717) is 0 Å². The minimum absolute atomic E-state index is 0.0581. The van der Waals surface area contributed by atoms with E-state index in [0.717, 1.165) is 0 Å². The summed E-state index contributed by atoms with van der Waals surface area (Å²) in [5, 5.41) is 0. The second-order valence-electron chi connectivity index (χ2n) is 2.56. The van der Waals surface area contributed by atoms with Gasteiger partial charge in [0, 0.05) is 6.42 Å². The van der Waals surface area contributed by atoms with Gasteiger partial charge >= 0.3 is 5.97 Å². The molecular formula is C8H12O4. The Morgan fingerprint density at radius 1 is 1.00 bits per heavy atom. The quantitative estimate of drug-likeness (QED) is 0.566. The summed E-state index contributed by atoms with van der Waals surface area (Å²) in [7, 11) is 0. The molecule has 0 aliphatic heterocycles. The molecule has 0 aliphatic carbocycles. The van der Waals surface area contributed by atoms with Crippen LogP contribution in [-0.4, -0.2) is 24.1 Å². The van der Waals surface area contributed by atoms with Gasteiger partial charge in [0.2, 0.25) is 0 Å². The number of rotatable bonds is 5. The van der Waals surface area contributed by atoms with E-state index in [-0.39, 0.29) is 31.0 Å². The number of carbonyl (C=O) groups excluding carboxylic acids is 3. The molecule has 0 N–H and O–H groups in total. The summed E-state index contributed by atoms with van der Waals surface area (Å²) < 4.78 is 4.51. The van der Waals surface area contributed by atoms with E-state index in [1.807, 2.05) is 0 Å². The fraction of sp³-hybridized carbons (Fsp3) is 0.625. The van der Waals surface area contributed by atoms with Crippen LogP contribution in [0.2, 0.25) is 0 Å². The van der Waals surface area contributed by atoms with E-state index >= 15 is 0 Å². The third kappa shape index (κ3) is 6.92. The van der Waals surface area contributed by atoms with Gasteiger partial charge in [-0.3, -0.25) is 9.59 Å². The highest BCUT2D eigenvalue weighted by Gasteiger charge is 2.05.